The predicted octanol–water partition coefficient (Wildman–Crippen LogP) is 5.12. The molecule has 38 heavy (non-hydrogen) atoms. The fourth-order valence-corrected chi connectivity index (χ4v) is 5.89. The van der Waals surface area contributed by atoms with Gasteiger partial charge in [0.2, 0.25) is 11.8 Å². The Labute approximate surface area is 234 Å². The van der Waals surface area contributed by atoms with Gasteiger partial charge in [-0.2, -0.15) is 0 Å². The quantitative estimate of drug-likeness (QED) is 0.322. The molecule has 0 radical (unpaired) electrons. The summed E-state index contributed by atoms with van der Waals surface area (Å²) in [5.74, 6) is -0.853. The molecule has 0 heterocycles. The average Bonchev–Trinajstić information content (AvgIpc) is 2.90. The van der Waals surface area contributed by atoms with Crippen LogP contribution in [-0.4, -0.2) is 50.5 Å². The number of sulfonamides is 1. The summed E-state index contributed by atoms with van der Waals surface area (Å²) in [5, 5.41) is 3.24. The van der Waals surface area contributed by atoms with Crippen molar-refractivity contribution in [3.05, 3.63) is 88.9 Å². The summed E-state index contributed by atoms with van der Waals surface area (Å²) in [6.45, 7) is 5.32. The molecule has 1 N–H and O–H groups in total. The third-order valence-electron chi connectivity index (χ3n) is 6.01. The minimum atomic E-state index is -4.10. The fraction of sp³-hybridized carbons (Fsp3) is 0.286. The van der Waals surface area contributed by atoms with Gasteiger partial charge >= 0.3 is 0 Å². The zero-order valence-corrected chi connectivity index (χ0v) is 24.2. The van der Waals surface area contributed by atoms with E-state index >= 15 is 0 Å². The Kier molecular flexibility index (Phi) is 10.2. The molecule has 0 aliphatic heterocycles. The van der Waals surface area contributed by atoms with Crippen LogP contribution in [0.25, 0.3) is 0 Å². The molecule has 0 bridgehead atoms. The smallest absolute Gasteiger partial charge is 0.264 e. The molecule has 7 nitrogen and oxygen atoms in total. The molecule has 3 aromatic carbocycles. The van der Waals surface area contributed by atoms with Crippen LogP contribution in [0.3, 0.4) is 0 Å². The molecule has 1 atom stereocenters. The first-order valence-corrected chi connectivity index (χ1v) is 15.2. The van der Waals surface area contributed by atoms with Crippen molar-refractivity contribution >= 4 is 50.9 Å². The van der Waals surface area contributed by atoms with E-state index in [2.05, 4.69) is 5.32 Å². The van der Waals surface area contributed by atoms with E-state index in [1.54, 1.807) is 74.5 Å². The molecule has 2 amide bonds. The first-order chi connectivity index (χ1) is 18.1. The van der Waals surface area contributed by atoms with Gasteiger partial charge in [0.25, 0.3) is 10.0 Å². The minimum Gasteiger partial charge on any atom is -0.355 e. The Balaban J connectivity index is 2.02. The number of benzene rings is 3. The Morgan fingerprint density at radius 1 is 1.03 bits per heavy atom. The molecule has 0 saturated heterocycles. The lowest BCUT2D eigenvalue weighted by molar-refractivity contribution is -0.139. The SMILES string of the molecule is CCNC(=O)C(C)N(Cc1cccc(Cl)c1)C(=O)CN(c1ccc(C)cc1)S(=O)(=O)c1ccc(SC)cc1. The second kappa shape index (κ2) is 13.2. The number of nitrogens with zero attached hydrogens (tertiary/aromatic N) is 2. The number of carbonyl (C=O) groups excluding carboxylic acids is 2. The maximum Gasteiger partial charge on any atom is 0.264 e. The molecule has 3 aromatic rings. The van der Waals surface area contributed by atoms with E-state index < -0.39 is 28.5 Å². The van der Waals surface area contributed by atoms with E-state index in [1.807, 2.05) is 13.2 Å². The van der Waals surface area contributed by atoms with Gasteiger partial charge in [-0.15, -0.1) is 11.8 Å². The Bertz CT molecular complexity index is 1360. The number of hydrogen-bond donors (Lipinski definition) is 1. The van der Waals surface area contributed by atoms with Crippen LogP contribution in [0.4, 0.5) is 5.69 Å². The summed E-state index contributed by atoms with van der Waals surface area (Å²) < 4.78 is 28.8. The van der Waals surface area contributed by atoms with Crippen molar-refractivity contribution in [1.29, 1.82) is 0 Å². The van der Waals surface area contributed by atoms with Crippen molar-refractivity contribution in [2.45, 2.75) is 43.1 Å². The van der Waals surface area contributed by atoms with Crippen LogP contribution in [0, 0.1) is 6.92 Å². The monoisotopic (exact) mass is 573 g/mol. The van der Waals surface area contributed by atoms with Crippen LogP contribution < -0.4 is 9.62 Å². The zero-order valence-electron chi connectivity index (χ0n) is 21.8. The van der Waals surface area contributed by atoms with E-state index in [1.165, 1.54) is 28.8 Å². The summed E-state index contributed by atoms with van der Waals surface area (Å²) >= 11 is 7.66. The van der Waals surface area contributed by atoms with Gasteiger partial charge in [0.15, 0.2) is 0 Å². The first kappa shape index (κ1) is 29.5. The fourth-order valence-electron chi connectivity index (χ4n) is 3.85. The number of rotatable bonds is 11. The van der Waals surface area contributed by atoms with Gasteiger partial charge in [0.05, 0.1) is 10.6 Å². The van der Waals surface area contributed by atoms with E-state index in [4.69, 9.17) is 11.6 Å². The number of likely N-dealkylation sites (N-methyl/N-ethyl adjacent to an activating group) is 1. The molecule has 202 valence electrons. The van der Waals surface area contributed by atoms with Gasteiger partial charge in [-0.3, -0.25) is 13.9 Å². The maximum absolute atomic E-state index is 13.8. The molecule has 0 fully saturated rings. The summed E-state index contributed by atoms with van der Waals surface area (Å²) in [4.78, 5) is 28.9. The topological polar surface area (TPSA) is 86.8 Å². The number of aryl methyl sites for hydroxylation is 1. The van der Waals surface area contributed by atoms with Crippen molar-refractivity contribution in [3.63, 3.8) is 0 Å². The van der Waals surface area contributed by atoms with Crippen LogP contribution in [0.15, 0.2) is 82.6 Å². The third kappa shape index (κ3) is 7.30. The summed E-state index contributed by atoms with van der Waals surface area (Å²) in [7, 11) is -4.10. The molecule has 0 spiro atoms. The van der Waals surface area contributed by atoms with Crippen LogP contribution in [0.2, 0.25) is 5.02 Å². The standard InChI is InChI=1S/C28H32ClN3O4S2/c1-5-30-28(34)21(3)31(18-22-7-6-8-23(29)17-22)27(33)19-32(24-11-9-20(2)10-12-24)38(35,36)26-15-13-25(37-4)14-16-26/h6-17,21H,5,18-19H2,1-4H3,(H,30,34). The lowest BCUT2D eigenvalue weighted by atomic mass is 10.1. The summed E-state index contributed by atoms with van der Waals surface area (Å²) in [6.07, 6.45) is 1.91. The third-order valence-corrected chi connectivity index (χ3v) is 8.78. The van der Waals surface area contributed by atoms with E-state index in [-0.39, 0.29) is 17.3 Å². The second-order valence-electron chi connectivity index (χ2n) is 8.74. The van der Waals surface area contributed by atoms with Crippen LogP contribution in [0.5, 0.6) is 0 Å². The Morgan fingerprint density at radius 3 is 2.26 bits per heavy atom. The largest absolute Gasteiger partial charge is 0.355 e. The molecule has 0 aliphatic carbocycles. The molecule has 0 saturated carbocycles. The molecular formula is C28H32ClN3O4S2. The van der Waals surface area contributed by atoms with Gasteiger partial charge < -0.3 is 10.2 Å². The van der Waals surface area contributed by atoms with Crippen molar-refractivity contribution in [3.8, 4) is 0 Å². The van der Waals surface area contributed by atoms with Gasteiger partial charge in [-0.05, 0) is 81.1 Å². The molecule has 0 aliphatic rings. The zero-order chi connectivity index (χ0) is 27.9. The number of amides is 2. The van der Waals surface area contributed by atoms with E-state index in [0.717, 1.165) is 20.3 Å². The molecular weight excluding hydrogens is 542 g/mol. The van der Waals surface area contributed by atoms with Crippen molar-refractivity contribution in [1.82, 2.24) is 10.2 Å². The minimum absolute atomic E-state index is 0.0711. The predicted molar refractivity (Wildman–Crippen MR) is 154 cm³/mol. The van der Waals surface area contributed by atoms with Crippen LogP contribution >= 0.6 is 23.4 Å². The number of nitrogens with one attached hydrogen (secondary N) is 1. The highest BCUT2D eigenvalue weighted by Gasteiger charge is 2.32. The van der Waals surface area contributed by atoms with Gasteiger partial charge in [-0.25, -0.2) is 8.42 Å². The number of hydrogen-bond acceptors (Lipinski definition) is 5. The number of thioether (sulfide) groups is 1. The molecule has 1 unspecified atom stereocenters. The normalized spacial score (nSPS) is 12.0. The highest BCUT2D eigenvalue weighted by Crippen LogP contribution is 2.26. The second-order valence-corrected chi connectivity index (χ2v) is 11.9. The number of carbonyl (C=O) groups is 2. The van der Waals surface area contributed by atoms with Gasteiger partial charge in [0, 0.05) is 23.0 Å². The average molecular weight is 574 g/mol. The van der Waals surface area contributed by atoms with Crippen molar-refractivity contribution < 1.29 is 18.0 Å². The van der Waals surface area contributed by atoms with E-state index in [0.29, 0.717) is 17.3 Å². The number of anilines is 1. The van der Waals surface area contributed by atoms with Crippen LogP contribution in [0.1, 0.15) is 25.0 Å². The maximum atomic E-state index is 13.8. The van der Waals surface area contributed by atoms with Crippen LogP contribution in [-0.2, 0) is 26.2 Å². The van der Waals surface area contributed by atoms with Crippen molar-refractivity contribution in [2.24, 2.45) is 0 Å². The highest BCUT2D eigenvalue weighted by atomic mass is 35.5. The van der Waals surface area contributed by atoms with Gasteiger partial charge in [0.1, 0.15) is 12.6 Å². The number of halogens is 1. The van der Waals surface area contributed by atoms with Gasteiger partial charge in [-0.1, -0.05) is 41.4 Å². The molecule has 3 rings (SSSR count). The lowest BCUT2D eigenvalue weighted by Gasteiger charge is -2.32. The Morgan fingerprint density at radius 2 is 1.68 bits per heavy atom. The van der Waals surface area contributed by atoms with E-state index in [9.17, 15) is 18.0 Å². The highest BCUT2D eigenvalue weighted by molar-refractivity contribution is 7.98. The Hall–Kier alpha value is -3.01. The molecule has 10 heteroatoms. The summed E-state index contributed by atoms with van der Waals surface area (Å²) in [6, 6.07) is 19.6. The first-order valence-electron chi connectivity index (χ1n) is 12.1. The van der Waals surface area contributed by atoms with Crippen molar-refractivity contribution in [2.75, 3.05) is 23.7 Å². The molecule has 0 aromatic heterocycles. The summed E-state index contributed by atoms with van der Waals surface area (Å²) in [5.41, 5.74) is 2.03. The lowest BCUT2D eigenvalue weighted by Crippen LogP contribution is -2.51.